The second-order valence-corrected chi connectivity index (χ2v) is 9.68. The molecule has 0 unspecified atom stereocenters. The van der Waals surface area contributed by atoms with Crippen LogP contribution in [0, 0.1) is 0 Å². The van der Waals surface area contributed by atoms with Crippen LogP contribution in [-0.4, -0.2) is 31.7 Å². The molecule has 0 aliphatic carbocycles. The molecular weight excluding hydrogens is 650 g/mol. The van der Waals surface area contributed by atoms with E-state index in [-0.39, 0.29) is 17.0 Å². The molecule has 2 rings (SSSR count). The Kier molecular flexibility index (Phi) is 10.3. The third-order valence-electron chi connectivity index (χ3n) is 3.58. The third kappa shape index (κ3) is 8.05. The Balaban J connectivity index is 0.00000312. The number of benzene rings is 1. The van der Waals surface area contributed by atoms with Crippen LogP contribution in [0.4, 0.5) is 0 Å². The summed E-state index contributed by atoms with van der Waals surface area (Å²) in [6, 6.07) is 7.94. The second kappa shape index (κ2) is 10.9. The molecule has 3 nitrogen and oxygen atoms in total. The van der Waals surface area contributed by atoms with Crippen LogP contribution in [0.25, 0.3) is 0 Å². The van der Waals surface area contributed by atoms with Gasteiger partial charge in [-0.1, -0.05) is 15.9 Å². The van der Waals surface area contributed by atoms with Crippen LogP contribution in [0.1, 0.15) is 18.6 Å². The molecule has 8 heteroatoms. The maximum absolute atomic E-state index is 5.91. The van der Waals surface area contributed by atoms with Crippen LogP contribution in [-0.2, 0) is 6.54 Å². The summed E-state index contributed by atoms with van der Waals surface area (Å²) in [6.07, 6.45) is 2.11. The van der Waals surface area contributed by atoms with Crippen molar-refractivity contribution in [3.63, 3.8) is 0 Å². The van der Waals surface area contributed by atoms with Gasteiger partial charge in [0.15, 0.2) is 10.4 Å². The van der Waals surface area contributed by atoms with E-state index < -0.39 is 0 Å². The van der Waals surface area contributed by atoms with Gasteiger partial charge in [-0.05, 0) is 84.9 Å². The molecule has 0 radical (unpaired) electrons. The average Bonchev–Trinajstić information content (AvgIpc) is 2.85. The Labute approximate surface area is 193 Å². The van der Waals surface area contributed by atoms with Gasteiger partial charge in [0.05, 0.1) is 36.2 Å². The Morgan fingerprint density at radius 2 is 1.64 bits per heavy atom. The number of hydrogen-bond acceptors (Lipinski definition) is 2. The summed E-state index contributed by atoms with van der Waals surface area (Å²) in [7, 11) is 4.44. The highest BCUT2D eigenvalue weighted by Gasteiger charge is 2.18. The summed E-state index contributed by atoms with van der Waals surface area (Å²) in [5.74, 6) is 1.86. The van der Waals surface area contributed by atoms with Crippen molar-refractivity contribution in [2.24, 2.45) is 0 Å². The minimum Gasteiger partial charge on any atom is -1.00 e. The minimum absolute atomic E-state index is 0. The molecule has 1 heterocycles. The molecule has 0 fully saturated rings. The molecule has 25 heavy (non-hydrogen) atoms. The van der Waals surface area contributed by atoms with Gasteiger partial charge in [-0.15, -0.1) is 0 Å². The van der Waals surface area contributed by atoms with E-state index in [4.69, 9.17) is 9.15 Å². The summed E-state index contributed by atoms with van der Waals surface area (Å²) in [4.78, 5) is 0. The van der Waals surface area contributed by atoms with Crippen molar-refractivity contribution in [2.45, 2.75) is 19.4 Å². The van der Waals surface area contributed by atoms with Crippen molar-refractivity contribution >= 4 is 63.7 Å². The van der Waals surface area contributed by atoms with Crippen LogP contribution in [0.5, 0.6) is 5.75 Å². The Morgan fingerprint density at radius 1 is 1.00 bits per heavy atom. The first-order chi connectivity index (χ1) is 11.3. The zero-order chi connectivity index (χ0) is 17.7. The first-order valence-electron chi connectivity index (χ1n) is 7.60. The summed E-state index contributed by atoms with van der Waals surface area (Å²) in [6.45, 7) is 2.66. The lowest BCUT2D eigenvalue weighted by Gasteiger charge is -2.28. The van der Waals surface area contributed by atoms with Gasteiger partial charge in [-0.25, -0.2) is 0 Å². The van der Waals surface area contributed by atoms with Crippen LogP contribution < -0.4 is 21.7 Å². The zero-order valence-electron chi connectivity index (χ0n) is 14.0. The first-order valence-corrected chi connectivity index (χ1v) is 10.8. The number of hydrogen-bond donors (Lipinski definition) is 0. The van der Waals surface area contributed by atoms with E-state index in [1.165, 1.54) is 0 Å². The number of nitrogens with zero attached hydrogens (tertiary/aromatic N) is 1. The van der Waals surface area contributed by atoms with Crippen LogP contribution in [0.3, 0.4) is 0 Å². The van der Waals surface area contributed by atoms with Gasteiger partial charge in [-0.3, -0.25) is 0 Å². The third-order valence-corrected chi connectivity index (χ3v) is 5.64. The number of furan rings is 1. The van der Waals surface area contributed by atoms with Crippen molar-refractivity contribution in [3.05, 3.63) is 48.1 Å². The van der Waals surface area contributed by atoms with E-state index in [2.05, 4.69) is 77.8 Å². The standard InChI is InChI=1S/C17H20Br4NO2.BrH/c1-22(2,11-13-5-6-16(21)24-13)7-3-4-8-23-17-14(19)9-12(18)10-15(17)20;/h5-6,9-10H,3-4,7-8,11H2,1-2H3;1H/q+1;/p-1. The van der Waals surface area contributed by atoms with E-state index in [9.17, 15) is 0 Å². The normalized spacial score (nSPS) is 11.3. The molecule has 1 aromatic carbocycles. The van der Waals surface area contributed by atoms with E-state index in [0.717, 1.165) is 60.0 Å². The fourth-order valence-corrected chi connectivity index (χ4v) is 5.25. The van der Waals surface area contributed by atoms with Crippen molar-refractivity contribution < 1.29 is 30.6 Å². The summed E-state index contributed by atoms with van der Waals surface area (Å²) < 4.78 is 16.1. The lowest BCUT2D eigenvalue weighted by Crippen LogP contribution is -3.00. The summed E-state index contributed by atoms with van der Waals surface area (Å²) in [5.41, 5.74) is 0. The number of quaternary nitrogens is 1. The Morgan fingerprint density at radius 3 is 2.20 bits per heavy atom. The molecule has 0 saturated heterocycles. The second-order valence-electron chi connectivity index (χ2n) is 6.28. The highest BCUT2D eigenvalue weighted by atomic mass is 79.9. The van der Waals surface area contributed by atoms with E-state index in [1.807, 2.05) is 24.3 Å². The van der Waals surface area contributed by atoms with Crippen molar-refractivity contribution in [3.8, 4) is 5.75 Å². The van der Waals surface area contributed by atoms with Gasteiger partial charge in [0.2, 0.25) is 0 Å². The average molecular weight is 670 g/mol. The van der Waals surface area contributed by atoms with Gasteiger partial charge in [0.25, 0.3) is 0 Å². The number of rotatable bonds is 8. The van der Waals surface area contributed by atoms with E-state index in [0.29, 0.717) is 6.61 Å². The molecular formula is C17H20Br5NO2. The molecule has 0 amide bonds. The highest BCUT2D eigenvalue weighted by molar-refractivity contribution is 9.11. The fourth-order valence-electron chi connectivity index (χ4n) is 2.42. The monoisotopic (exact) mass is 665 g/mol. The predicted molar refractivity (Wildman–Crippen MR) is 111 cm³/mol. The van der Waals surface area contributed by atoms with E-state index in [1.54, 1.807) is 0 Å². The first kappa shape index (κ1) is 23.7. The van der Waals surface area contributed by atoms with Crippen molar-refractivity contribution in [1.82, 2.24) is 0 Å². The molecule has 2 aromatic rings. The molecule has 0 bridgehead atoms. The topological polar surface area (TPSA) is 22.4 Å². The van der Waals surface area contributed by atoms with Gasteiger partial charge >= 0.3 is 0 Å². The van der Waals surface area contributed by atoms with Crippen molar-refractivity contribution in [2.75, 3.05) is 27.2 Å². The molecule has 1 aromatic heterocycles. The maximum Gasteiger partial charge on any atom is 0.169 e. The lowest BCUT2D eigenvalue weighted by molar-refractivity contribution is -0.904. The number of ether oxygens (including phenoxy) is 1. The van der Waals surface area contributed by atoms with Crippen molar-refractivity contribution in [1.29, 1.82) is 0 Å². The largest absolute Gasteiger partial charge is 1.00 e. The molecule has 0 aliphatic heterocycles. The lowest BCUT2D eigenvalue weighted by atomic mass is 10.2. The molecule has 0 atom stereocenters. The van der Waals surface area contributed by atoms with Crippen LogP contribution >= 0.6 is 63.7 Å². The molecule has 0 spiro atoms. The Bertz CT molecular complexity index is 664. The smallest absolute Gasteiger partial charge is 0.169 e. The number of halogens is 5. The zero-order valence-corrected chi connectivity index (χ0v) is 21.9. The molecule has 0 aliphatic rings. The van der Waals surface area contributed by atoms with Gasteiger partial charge in [0.1, 0.15) is 12.3 Å². The number of unbranched alkanes of at least 4 members (excludes halogenated alkanes) is 1. The van der Waals surface area contributed by atoms with Crippen LogP contribution in [0.15, 0.2) is 46.8 Å². The predicted octanol–water partition coefficient (Wildman–Crippen LogP) is 3.77. The summed E-state index contributed by atoms with van der Waals surface area (Å²) in [5, 5.41) is 0. The van der Waals surface area contributed by atoms with Crippen LogP contribution in [0.2, 0.25) is 0 Å². The molecule has 0 saturated carbocycles. The van der Waals surface area contributed by atoms with Gasteiger partial charge in [0, 0.05) is 4.47 Å². The van der Waals surface area contributed by atoms with E-state index >= 15 is 0 Å². The maximum atomic E-state index is 5.91. The van der Waals surface area contributed by atoms with Gasteiger partial charge in [-0.2, -0.15) is 0 Å². The molecule has 0 N–H and O–H groups in total. The fraction of sp³-hybridized carbons (Fsp3) is 0.412. The highest BCUT2D eigenvalue weighted by Crippen LogP contribution is 2.36. The van der Waals surface area contributed by atoms with Gasteiger partial charge < -0.3 is 30.6 Å². The SMILES string of the molecule is C[N+](C)(CCCCOc1c(Br)cc(Br)cc1Br)Cc1ccc(Br)o1.[Br-]. The Hall–Kier alpha value is 0.660. The summed E-state index contributed by atoms with van der Waals surface area (Å²) >= 11 is 13.9. The molecule has 140 valence electrons. The quantitative estimate of drug-likeness (QED) is 0.316. The minimum atomic E-state index is 0.